The lowest BCUT2D eigenvalue weighted by Crippen LogP contribution is -2.52. The van der Waals surface area contributed by atoms with Gasteiger partial charge in [-0.1, -0.05) is 18.2 Å². The number of ether oxygens (including phenoxy) is 3. The van der Waals surface area contributed by atoms with Crippen molar-refractivity contribution in [1.29, 1.82) is 0 Å². The summed E-state index contributed by atoms with van der Waals surface area (Å²) in [5.41, 5.74) is 7.02. The molecule has 0 heterocycles. The van der Waals surface area contributed by atoms with E-state index in [2.05, 4.69) is 16.9 Å². The zero-order valence-corrected chi connectivity index (χ0v) is 22.0. The van der Waals surface area contributed by atoms with Crippen LogP contribution in [0.4, 0.5) is 9.18 Å². The first-order chi connectivity index (χ1) is 17.1. The molecule has 3 N–H and O–H groups in total. The normalized spacial score (nSPS) is 15.4. The van der Waals surface area contributed by atoms with Gasteiger partial charge in [-0.25, -0.2) is 14.2 Å². The number of guanidine groups is 1. The molecule has 36 heavy (non-hydrogen) atoms. The summed E-state index contributed by atoms with van der Waals surface area (Å²) in [6, 6.07) is 7.92. The number of hydrogen-bond donors (Lipinski definition) is 2. The summed E-state index contributed by atoms with van der Waals surface area (Å²) < 4.78 is 30.0. The molecule has 1 fully saturated rings. The number of carbonyl (C=O) groups excluding carboxylic acids is 1. The average molecular weight is 506 g/mol. The molecule has 0 saturated heterocycles. The highest BCUT2D eigenvalue weighted by Gasteiger charge is 2.27. The molecule has 10 heteroatoms. The molecule has 0 spiro atoms. The van der Waals surface area contributed by atoms with Crippen LogP contribution in [-0.2, 0) is 16.0 Å². The van der Waals surface area contributed by atoms with E-state index in [4.69, 9.17) is 19.9 Å². The molecule has 1 amide bonds. The topological polar surface area (TPSA) is 102 Å². The number of rotatable bonds is 13. The van der Waals surface area contributed by atoms with Gasteiger partial charge in [-0.2, -0.15) is 5.01 Å². The molecule has 1 aliphatic rings. The molecule has 0 radical (unpaired) electrons. The van der Waals surface area contributed by atoms with Gasteiger partial charge in [0.15, 0.2) is 0 Å². The highest BCUT2D eigenvalue weighted by Crippen LogP contribution is 2.24. The maximum absolute atomic E-state index is 13.5. The maximum atomic E-state index is 13.5. The minimum absolute atomic E-state index is 0.0449. The summed E-state index contributed by atoms with van der Waals surface area (Å²) in [5, 5.41) is 6.22. The molecule has 1 saturated carbocycles. The third kappa shape index (κ3) is 10.2. The Labute approximate surface area is 213 Å². The van der Waals surface area contributed by atoms with E-state index < -0.39 is 17.9 Å². The van der Waals surface area contributed by atoms with E-state index in [0.29, 0.717) is 25.3 Å². The summed E-state index contributed by atoms with van der Waals surface area (Å²) in [6.07, 6.45) is 3.50. The molecular weight excluding hydrogens is 465 g/mol. The average Bonchev–Trinajstić information content (AvgIpc) is 3.64. The molecule has 200 valence electrons. The number of methoxy groups -OCH3 is 1. The van der Waals surface area contributed by atoms with Crippen LogP contribution in [0, 0.1) is 0 Å². The first-order valence-electron chi connectivity index (χ1n) is 12.0. The smallest absolute Gasteiger partial charge is 0.407 e. The van der Waals surface area contributed by atoms with Crippen molar-refractivity contribution in [2.45, 2.75) is 64.4 Å². The first kappa shape index (κ1) is 29.1. The van der Waals surface area contributed by atoms with E-state index in [0.717, 1.165) is 24.2 Å². The third-order valence-electron chi connectivity index (χ3n) is 5.26. The van der Waals surface area contributed by atoms with E-state index in [1.165, 1.54) is 0 Å². The van der Waals surface area contributed by atoms with Crippen LogP contribution in [0.5, 0.6) is 5.75 Å². The van der Waals surface area contributed by atoms with Crippen molar-refractivity contribution in [3.05, 3.63) is 54.4 Å². The van der Waals surface area contributed by atoms with Crippen LogP contribution >= 0.6 is 0 Å². The number of hydrazine groups is 1. The van der Waals surface area contributed by atoms with Crippen LogP contribution in [0.2, 0.25) is 0 Å². The van der Waals surface area contributed by atoms with E-state index >= 15 is 0 Å². The Morgan fingerprint density at radius 3 is 2.53 bits per heavy atom. The van der Waals surface area contributed by atoms with Crippen LogP contribution in [0.25, 0.3) is 0 Å². The maximum Gasteiger partial charge on any atom is 0.407 e. The molecule has 2 rings (SSSR count). The molecule has 1 unspecified atom stereocenters. The first-order valence-corrected chi connectivity index (χ1v) is 12.0. The SMILES string of the molecule is C=CCC(OC/C(=C/F)CNC(=O)OC(C)(C)C)N(C)N(Cc1ccc(OC)cc1)C(N)=NC1CC1. The van der Waals surface area contributed by atoms with Gasteiger partial charge in [0.1, 0.15) is 17.6 Å². The number of nitrogens with zero attached hydrogens (tertiary/aromatic N) is 3. The van der Waals surface area contributed by atoms with Crippen molar-refractivity contribution < 1.29 is 23.4 Å². The van der Waals surface area contributed by atoms with Crippen molar-refractivity contribution >= 4 is 12.1 Å². The zero-order chi connectivity index (χ0) is 26.7. The Balaban J connectivity index is 2.09. The van der Waals surface area contributed by atoms with Crippen LogP contribution in [0.1, 0.15) is 45.6 Å². The third-order valence-corrected chi connectivity index (χ3v) is 5.26. The second-order valence-corrected chi connectivity index (χ2v) is 9.61. The van der Waals surface area contributed by atoms with Gasteiger partial charge in [0.2, 0.25) is 5.96 Å². The molecule has 1 aromatic rings. The predicted molar refractivity (Wildman–Crippen MR) is 139 cm³/mol. The minimum Gasteiger partial charge on any atom is -0.497 e. The summed E-state index contributed by atoms with van der Waals surface area (Å²) in [7, 11) is 3.46. The van der Waals surface area contributed by atoms with Crippen LogP contribution < -0.4 is 15.8 Å². The number of nitrogens with one attached hydrogen (secondary N) is 1. The quantitative estimate of drug-likeness (QED) is 0.137. The largest absolute Gasteiger partial charge is 0.497 e. The van der Waals surface area contributed by atoms with Gasteiger partial charge in [-0.05, 0) is 51.3 Å². The Morgan fingerprint density at radius 2 is 2.00 bits per heavy atom. The Hall–Kier alpha value is -3.11. The lowest BCUT2D eigenvalue weighted by Gasteiger charge is -2.38. The van der Waals surface area contributed by atoms with Gasteiger partial charge in [-0.3, -0.25) is 5.01 Å². The minimum atomic E-state index is -0.646. The van der Waals surface area contributed by atoms with Crippen molar-refractivity contribution in [1.82, 2.24) is 15.3 Å². The Bertz CT molecular complexity index is 910. The van der Waals surface area contributed by atoms with Gasteiger partial charge in [0.05, 0.1) is 32.6 Å². The van der Waals surface area contributed by atoms with Crippen molar-refractivity contribution in [2.24, 2.45) is 10.7 Å². The number of benzene rings is 1. The second-order valence-electron chi connectivity index (χ2n) is 9.61. The standard InChI is InChI=1S/C26H40FN5O4/c1-7-8-23(35-18-20(15-27)16-29-25(33)36-26(2,3)4)31(5)32(24(28)30-21-11-12-21)17-19-9-13-22(34-6)14-10-19/h7,9-10,13-15,21,23H,1,8,11-12,16-18H2,2-6H3,(H2,28,30)(H,29,33)/b20-15+. The van der Waals surface area contributed by atoms with Gasteiger partial charge in [-0.15, -0.1) is 6.58 Å². The fourth-order valence-electron chi connectivity index (χ4n) is 3.17. The summed E-state index contributed by atoms with van der Waals surface area (Å²) >= 11 is 0. The van der Waals surface area contributed by atoms with Crippen LogP contribution in [-0.4, -0.2) is 67.3 Å². The highest BCUT2D eigenvalue weighted by molar-refractivity contribution is 5.78. The van der Waals surface area contributed by atoms with E-state index in [-0.39, 0.29) is 24.8 Å². The molecular formula is C26H40FN5O4. The lowest BCUT2D eigenvalue weighted by molar-refractivity contribution is -0.118. The molecule has 1 aromatic carbocycles. The number of halogens is 1. The second kappa shape index (κ2) is 13.8. The molecule has 0 aliphatic heterocycles. The number of hydrogen-bond acceptors (Lipinski definition) is 6. The van der Waals surface area contributed by atoms with Gasteiger partial charge < -0.3 is 25.3 Å². The predicted octanol–water partition coefficient (Wildman–Crippen LogP) is 4.12. The number of nitrogens with two attached hydrogens (primary N) is 1. The molecule has 1 aliphatic carbocycles. The van der Waals surface area contributed by atoms with E-state index in [1.54, 1.807) is 34.0 Å². The molecule has 0 bridgehead atoms. The molecule has 1 atom stereocenters. The monoisotopic (exact) mass is 505 g/mol. The number of alkyl carbamates (subject to hydrolysis) is 1. The van der Waals surface area contributed by atoms with Crippen molar-refractivity contribution in [3.8, 4) is 5.75 Å². The Kier molecular flexibility index (Phi) is 11.2. The number of amides is 1. The van der Waals surface area contributed by atoms with Gasteiger partial charge >= 0.3 is 6.09 Å². The summed E-state index contributed by atoms with van der Waals surface area (Å²) in [4.78, 5) is 16.5. The van der Waals surface area contributed by atoms with Gasteiger partial charge in [0.25, 0.3) is 0 Å². The Morgan fingerprint density at radius 1 is 1.33 bits per heavy atom. The molecule has 0 aromatic heterocycles. The lowest BCUT2D eigenvalue weighted by atomic mass is 10.2. The fraction of sp³-hybridized carbons (Fsp3) is 0.538. The number of aliphatic imine (C=N–C) groups is 1. The summed E-state index contributed by atoms with van der Waals surface area (Å²) in [6.45, 7) is 9.45. The fourth-order valence-corrected chi connectivity index (χ4v) is 3.17. The molecule has 9 nitrogen and oxygen atoms in total. The number of carbonyl (C=O) groups is 1. The van der Waals surface area contributed by atoms with E-state index in [9.17, 15) is 9.18 Å². The van der Waals surface area contributed by atoms with Crippen LogP contribution in [0.3, 0.4) is 0 Å². The van der Waals surface area contributed by atoms with Gasteiger partial charge in [0, 0.05) is 25.6 Å². The van der Waals surface area contributed by atoms with Crippen molar-refractivity contribution in [3.63, 3.8) is 0 Å². The highest BCUT2D eigenvalue weighted by atomic mass is 19.1. The zero-order valence-electron chi connectivity index (χ0n) is 22.0. The summed E-state index contributed by atoms with van der Waals surface area (Å²) in [5.74, 6) is 1.14. The van der Waals surface area contributed by atoms with Crippen LogP contribution in [0.15, 0.2) is 53.8 Å². The van der Waals surface area contributed by atoms with E-state index in [1.807, 2.05) is 41.3 Å². The van der Waals surface area contributed by atoms with Crippen molar-refractivity contribution in [2.75, 3.05) is 27.3 Å².